The van der Waals surface area contributed by atoms with Gasteiger partial charge in [-0.15, -0.1) is 0 Å². The summed E-state index contributed by atoms with van der Waals surface area (Å²) in [5.41, 5.74) is 4.02. The number of non-ortho nitro benzene ring substituents is 1. The van der Waals surface area contributed by atoms with Crippen molar-refractivity contribution in [2.24, 2.45) is 5.10 Å². The largest absolute Gasteiger partial charge is 0.493 e. The van der Waals surface area contributed by atoms with Crippen LogP contribution in [0.4, 0.5) is 29.2 Å². The Morgan fingerprint density at radius 1 is 1.06 bits per heavy atom. The molecule has 2 aromatic carbocycles. The SMILES string of the molecule is COc1ccc(C=NNc2nc(Nc3cccc([N+](=O)[O-])c3)nc(N3CCOCC3)n2)cc1OC. The van der Waals surface area contributed by atoms with Crippen LogP contribution in [0.15, 0.2) is 47.6 Å². The summed E-state index contributed by atoms with van der Waals surface area (Å²) in [6.45, 7) is 2.35. The second-order valence-electron chi connectivity index (χ2n) is 7.30. The van der Waals surface area contributed by atoms with E-state index >= 15 is 0 Å². The molecule has 35 heavy (non-hydrogen) atoms. The quantitative estimate of drug-likeness (QED) is 0.264. The molecule has 13 heteroatoms. The van der Waals surface area contributed by atoms with Crippen molar-refractivity contribution in [3.63, 3.8) is 0 Å². The van der Waals surface area contributed by atoms with Crippen molar-refractivity contribution in [3.8, 4) is 11.5 Å². The number of aromatic nitrogens is 3. The van der Waals surface area contributed by atoms with Gasteiger partial charge in [-0.05, 0) is 29.8 Å². The molecule has 1 fully saturated rings. The molecule has 4 rings (SSSR count). The molecule has 1 saturated heterocycles. The maximum Gasteiger partial charge on any atom is 0.271 e. The fourth-order valence-corrected chi connectivity index (χ4v) is 3.30. The Morgan fingerprint density at radius 2 is 1.83 bits per heavy atom. The van der Waals surface area contributed by atoms with Crippen LogP contribution in [0.3, 0.4) is 0 Å². The zero-order valence-electron chi connectivity index (χ0n) is 19.2. The standard InChI is InChI=1S/C22H24N8O5/c1-33-18-7-6-15(12-19(18)34-2)14-23-28-21-25-20(24-16-4-3-5-17(13-16)30(31)32)26-22(27-21)29-8-10-35-11-9-29/h3-7,12-14H,8-11H2,1-2H3,(H2,24,25,26,27,28). The van der Waals surface area contributed by atoms with E-state index in [1.54, 1.807) is 44.7 Å². The van der Waals surface area contributed by atoms with E-state index in [1.807, 2.05) is 11.0 Å². The lowest BCUT2D eigenvalue weighted by molar-refractivity contribution is -0.384. The van der Waals surface area contributed by atoms with E-state index < -0.39 is 4.92 Å². The van der Waals surface area contributed by atoms with Crippen LogP contribution in [0.25, 0.3) is 0 Å². The molecule has 1 aliphatic heterocycles. The van der Waals surface area contributed by atoms with Gasteiger partial charge in [0.25, 0.3) is 5.69 Å². The lowest BCUT2D eigenvalue weighted by Crippen LogP contribution is -2.37. The van der Waals surface area contributed by atoms with Crippen molar-refractivity contribution in [2.75, 3.05) is 56.2 Å². The second-order valence-corrected chi connectivity index (χ2v) is 7.30. The Hall–Kier alpha value is -4.52. The average molecular weight is 480 g/mol. The zero-order chi connectivity index (χ0) is 24.6. The van der Waals surface area contributed by atoms with E-state index in [0.29, 0.717) is 49.4 Å². The van der Waals surface area contributed by atoms with Crippen LogP contribution < -0.4 is 25.1 Å². The predicted molar refractivity (Wildman–Crippen MR) is 130 cm³/mol. The molecule has 0 atom stereocenters. The molecule has 182 valence electrons. The Bertz CT molecular complexity index is 1220. The Kier molecular flexibility index (Phi) is 7.47. The minimum absolute atomic E-state index is 0.0460. The van der Waals surface area contributed by atoms with Gasteiger partial charge in [0.15, 0.2) is 11.5 Å². The number of hydrogen-bond donors (Lipinski definition) is 2. The minimum Gasteiger partial charge on any atom is -0.493 e. The number of nitrogens with one attached hydrogen (secondary N) is 2. The van der Waals surface area contributed by atoms with E-state index in [2.05, 4.69) is 30.8 Å². The van der Waals surface area contributed by atoms with Crippen molar-refractivity contribution in [2.45, 2.75) is 0 Å². The Balaban J connectivity index is 1.57. The molecule has 0 aliphatic carbocycles. The first-order valence-corrected chi connectivity index (χ1v) is 10.7. The monoisotopic (exact) mass is 480 g/mol. The van der Waals surface area contributed by atoms with Gasteiger partial charge in [-0.3, -0.25) is 10.1 Å². The van der Waals surface area contributed by atoms with E-state index in [0.717, 1.165) is 5.56 Å². The van der Waals surface area contributed by atoms with E-state index in [4.69, 9.17) is 14.2 Å². The van der Waals surface area contributed by atoms with Gasteiger partial charge in [0.2, 0.25) is 17.8 Å². The highest BCUT2D eigenvalue weighted by atomic mass is 16.6. The van der Waals surface area contributed by atoms with E-state index in [-0.39, 0.29) is 17.6 Å². The second kappa shape index (κ2) is 11.1. The van der Waals surface area contributed by atoms with E-state index in [9.17, 15) is 10.1 Å². The third kappa shape index (κ3) is 6.09. The summed E-state index contributed by atoms with van der Waals surface area (Å²) in [5.74, 6) is 2.04. The molecule has 0 spiro atoms. The maximum absolute atomic E-state index is 11.1. The predicted octanol–water partition coefficient (Wildman–Crippen LogP) is 2.82. The van der Waals surface area contributed by atoms with Crippen LogP contribution in [0, 0.1) is 10.1 Å². The van der Waals surface area contributed by atoms with Crippen LogP contribution in [0.5, 0.6) is 11.5 Å². The number of benzene rings is 2. The Morgan fingerprint density at radius 3 is 2.57 bits per heavy atom. The maximum atomic E-state index is 11.1. The number of ether oxygens (including phenoxy) is 3. The number of hydrazone groups is 1. The molecular formula is C22H24N8O5. The summed E-state index contributed by atoms with van der Waals surface area (Å²) in [6, 6.07) is 11.5. The lowest BCUT2D eigenvalue weighted by Gasteiger charge is -2.27. The third-order valence-corrected chi connectivity index (χ3v) is 5.02. The highest BCUT2D eigenvalue weighted by molar-refractivity contribution is 5.81. The fraction of sp³-hybridized carbons (Fsp3) is 0.273. The molecule has 3 aromatic rings. The molecule has 0 bridgehead atoms. The summed E-state index contributed by atoms with van der Waals surface area (Å²) in [7, 11) is 3.13. The summed E-state index contributed by atoms with van der Waals surface area (Å²) in [6.07, 6.45) is 1.59. The summed E-state index contributed by atoms with van der Waals surface area (Å²) < 4.78 is 16.0. The molecule has 2 heterocycles. The van der Waals surface area contributed by atoms with Gasteiger partial charge >= 0.3 is 0 Å². The van der Waals surface area contributed by atoms with Crippen LogP contribution in [0.2, 0.25) is 0 Å². The molecule has 2 N–H and O–H groups in total. The van der Waals surface area contributed by atoms with Gasteiger partial charge in [-0.2, -0.15) is 20.1 Å². The van der Waals surface area contributed by atoms with Crippen molar-refractivity contribution in [1.29, 1.82) is 0 Å². The zero-order valence-corrected chi connectivity index (χ0v) is 19.2. The molecule has 0 radical (unpaired) electrons. The molecular weight excluding hydrogens is 456 g/mol. The summed E-state index contributed by atoms with van der Waals surface area (Å²) in [4.78, 5) is 25.9. The molecule has 1 aromatic heterocycles. The summed E-state index contributed by atoms with van der Waals surface area (Å²) >= 11 is 0. The first kappa shape index (κ1) is 23.6. The summed E-state index contributed by atoms with van der Waals surface area (Å²) in [5, 5.41) is 18.3. The molecule has 13 nitrogen and oxygen atoms in total. The molecule has 0 saturated carbocycles. The van der Waals surface area contributed by atoms with Crippen LogP contribution in [-0.2, 0) is 4.74 Å². The van der Waals surface area contributed by atoms with Gasteiger partial charge < -0.3 is 24.4 Å². The van der Waals surface area contributed by atoms with Crippen molar-refractivity contribution >= 4 is 35.4 Å². The van der Waals surface area contributed by atoms with Crippen molar-refractivity contribution in [3.05, 3.63) is 58.1 Å². The van der Waals surface area contributed by atoms with Crippen LogP contribution in [0.1, 0.15) is 5.56 Å². The normalized spacial score (nSPS) is 13.5. The number of nitro benzene ring substituents is 1. The molecule has 0 amide bonds. The fourth-order valence-electron chi connectivity index (χ4n) is 3.30. The van der Waals surface area contributed by atoms with Crippen LogP contribution >= 0.6 is 0 Å². The van der Waals surface area contributed by atoms with Gasteiger partial charge in [0.05, 0.1) is 38.6 Å². The first-order valence-electron chi connectivity index (χ1n) is 10.7. The number of nitro groups is 1. The minimum atomic E-state index is -0.465. The van der Waals surface area contributed by atoms with Crippen LogP contribution in [-0.4, -0.2) is 66.6 Å². The number of anilines is 4. The van der Waals surface area contributed by atoms with Gasteiger partial charge in [0.1, 0.15) is 0 Å². The van der Waals surface area contributed by atoms with Gasteiger partial charge in [0, 0.05) is 30.9 Å². The molecule has 1 aliphatic rings. The highest BCUT2D eigenvalue weighted by Crippen LogP contribution is 2.27. The van der Waals surface area contributed by atoms with Crippen molar-refractivity contribution in [1.82, 2.24) is 15.0 Å². The average Bonchev–Trinajstić information content (AvgIpc) is 2.89. The molecule has 0 unspecified atom stereocenters. The highest BCUT2D eigenvalue weighted by Gasteiger charge is 2.17. The number of nitrogens with zero attached hydrogens (tertiary/aromatic N) is 6. The van der Waals surface area contributed by atoms with E-state index in [1.165, 1.54) is 12.1 Å². The smallest absolute Gasteiger partial charge is 0.271 e. The topological polar surface area (TPSA) is 149 Å². The number of methoxy groups -OCH3 is 2. The number of morpholine rings is 1. The third-order valence-electron chi connectivity index (χ3n) is 5.02. The van der Waals surface area contributed by atoms with Gasteiger partial charge in [-0.25, -0.2) is 5.43 Å². The van der Waals surface area contributed by atoms with Gasteiger partial charge in [-0.1, -0.05) is 6.07 Å². The Labute approximate surface area is 200 Å². The lowest BCUT2D eigenvalue weighted by atomic mass is 10.2. The number of rotatable bonds is 9. The first-order chi connectivity index (χ1) is 17.1. The number of hydrogen-bond acceptors (Lipinski definition) is 12. The van der Waals surface area contributed by atoms with Crippen molar-refractivity contribution < 1.29 is 19.1 Å².